The molecule has 5 nitrogen and oxygen atoms in total. The molecule has 1 unspecified atom stereocenters. The van der Waals surface area contributed by atoms with E-state index in [2.05, 4.69) is 22.0 Å². The molecule has 25 heavy (non-hydrogen) atoms. The summed E-state index contributed by atoms with van der Waals surface area (Å²) in [5, 5.41) is 0. The van der Waals surface area contributed by atoms with Crippen molar-refractivity contribution >= 4 is 11.7 Å². The van der Waals surface area contributed by atoms with Crippen LogP contribution in [0.4, 0.5) is 5.82 Å². The molecule has 0 radical (unpaired) electrons. The van der Waals surface area contributed by atoms with Gasteiger partial charge in [-0.1, -0.05) is 12.1 Å². The molecule has 132 valence electrons. The number of piperidine rings is 1. The number of rotatable bonds is 6. The normalized spacial score (nSPS) is 17.3. The lowest BCUT2D eigenvalue weighted by Crippen LogP contribution is -2.37. The smallest absolute Gasteiger partial charge is 0.252 e. The third-order valence-corrected chi connectivity index (χ3v) is 4.85. The number of methoxy groups -OCH3 is 1. The summed E-state index contributed by atoms with van der Waals surface area (Å²) in [5.41, 5.74) is 7.31. The van der Waals surface area contributed by atoms with Crippen molar-refractivity contribution in [1.82, 2.24) is 4.98 Å². The molecule has 1 aromatic heterocycles. The minimum absolute atomic E-state index is 0.415. The number of aryl methyl sites for hydroxylation is 1. The predicted molar refractivity (Wildman–Crippen MR) is 99.0 cm³/mol. The first-order valence-electron chi connectivity index (χ1n) is 8.80. The van der Waals surface area contributed by atoms with Crippen LogP contribution in [0.25, 0.3) is 0 Å². The van der Waals surface area contributed by atoms with Gasteiger partial charge in [0.2, 0.25) is 0 Å². The van der Waals surface area contributed by atoms with Gasteiger partial charge in [0.15, 0.2) is 0 Å². The molecule has 3 rings (SSSR count). The second kappa shape index (κ2) is 8.01. The molecule has 0 spiro atoms. The minimum atomic E-state index is -0.415. The number of anilines is 1. The Morgan fingerprint density at radius 3 is 3.04 bits per heavy atom. The first kappa shape index (κ1) is 17.3. The van der Waals surface area contributed by atoms with Gasteiger partial charge in [-0.3, -0.25) is 4.79 Å². The molecular formula is C20H25N3O2. The number of primary amides is 1. The number of hydrogen-bond acceptors (Lipinski definition) is 4. The van der Waals surface area contributed by atoms with E-state index in [0.717, 1.165) is 43.9 Å². The maximum atomic E-state index is 11.7. The lowest BCUT2D eigenvalue weighted by molar-refractivity contribution is 0.100. The van der Waals surface area contributed by atoms with Crippen LogP contribution in [0.5, 0.6) is 5.75 Å². The monoisotopic (exact) mass is 339 g/mol. The molecule has 0 bridgehead atoms. The molecule has 1 amide bonds. The number of pyridine rings is 1. The van der Waals surface area contributed by atoms with Crippen LogP contribution in [0.15, 0.2) is 42.6 Å². The predicted octanol–water partition coefficient (Wildman–Crippen LogP) is 3.04. The van der Waals surface area contributed by atoms with Crippen molar-refractivity contribution in [2.75, 3.05) is 25.1 Å². The number of amides is 1. The average molecular weight is 339 g/mol. The Labute approximate surface area is 148 Å². The maximum absolute atomic E-state index is 11.7. The second-order valence-electron chi connectivity index (χ2n) is 6.58. The van der Waals surface area contributed by atoms with E-state index in [1.165, 1.54) is 12.0 Å². The van der Waals surface area contributed by atoms with Crippen LogP contribution in [0.2, 0.25) is 0 Å². The Morgan fingerprint density at radius 2 is 2.24 bits per heavy atom. The van der Waals surface area contributed by atoms with E-state index < -0.39 is 5.91 Å². The number of hydrogen-bond donors (Lipinski definition) is 1. The molecule has 2 aromatic rings. The molecule has 1 saturated heterocycles. The second-order valence-corrected chi connectivity index (χ2v) is 6.58. The summed E-state index contributed by atoms with van der Waals surface area (Å²) in [6.07, 6.45) is 6.18. The number of nitrogens with zero attached hydrogens (tertiary/aromatic N) is 2. The van der Waals surface area contributed by atoms with E-state index in [1.807, 2.05) is 12.1 Å². The lowest BCUT2D eigenvalue weighted by atomic mass is 9.91. The molecule has 1 atom stereocenters. The Morgan fingerprint density at radius 1 is 1.36 bits per heavy atom. The van der Waals surface area contributed by atoms with Gasteiger partial charge in [0, 0.05) is 19.3 Å². The molecule has 0 aliphatic carbocycles. The first-order valence-corrected chi connectivity index (χ1v) is 8.80. The standard InChI is InChI=1S/C20H25N3O2/c1-25-17-7-2-5-15(13-17)9-10-16-6-4-12-23(14-16)20-18(19(21)24)8-3-11-22-20/h2-3,5,7-8,11,13,16H,4,6,9-10,12,14H2,1H3,(H2,21,24). The highest BCUT2D eigenvalue weighted by molar-refractivity contribution is 5.97. The van der Waals surface area contributed by atoms with E-state index in [4.69, 9.17) is 10.5 Å². The largest absolute Gasteiger partial charge is 0.497 e. The van der Waals surface area contributed by atoms with E-state index in [1.54, 1.807) is 25.4 Å². The number of nitrogens with two attached hydrogens (primary N) is 1. The van der Waals surface area contributed by atoms with Crippen molar-refractivity contribution in [1.29, 1.82) is 0 Å². The Kier molecular flexibility index (Phi) is 5.53. The van der Waals surface area contributed by atoms with Gasteiger partial charge in [-0.2, -0.15) is 0 Å². The number of aromatic nitrogens is 1. The average Bonchev–Trinajstić information content (AvgIpc) is 2.66. The molecule has 0 saturated carbocycles. The van der Waals surface area contributed by atoms with Gasteiger partial charge in [-0.25, -0.2) is 4.98 Å². The number of carbonyl (C=O) groups is 1. The van der Waals surface area contributed by atoms with E-state index in [-0.39, 0.29) is 0 Å². The van der Waals surface area contributed by atoms with Crippen LogP contribution in [0, 0.1) is 5.92 Å². The zero-order chi connectivity index (χ0) is 17.6. The van der Waals surface area contributed by atoms with Crippen LogP contribution in [0.1, 0.15) is 35.2 Å². The van der Waals surface area contributed by atoms with Gasteiger partial charge >= 0.3 is 0 Å². The quantitative estimate of drug-likeness (QED) is 0.878. The van der Waals surface area contributed by atoms with Crippen LogP contribution >= 0.6 is 0 Å². The lowest BCUT2D eigenvalue weighted by Gasteiger charge is -2.34. The summed E-state index contributed by atoms with van der Waals surface area (Å²) in [4.78, 5) is 18.3. The highest BCUT2D eigenvalue weighted by atomic mass is 16.5. The summed E-state index contributed by atoms with van der Waals surface area (Å²) in [6, 6.07) is 11.8. The van der Waals surface area contributed by atoms with Crippen LogP contribution in [0.3, 0.4) is 0 Å². The molecule has 5 heteroatoms. The van der Waals surface area contributed by atoms with Crippen molar-refractivity contribution in [2.24, 2.45) is 11.7 Å². The van der Waals surface area contributed by atoms with Crippen molar-refractivity contribution in [3.05, 3.63) is 53.7 Å². The fourth-order valence-electron chi connectivity index (χ4n) is 3.53. The molecule has 1 fully saturated rings. The summed E-state index contributed by atoms with van der Waals surface area (Å²) >= 11 is 0. The number of benzene rings is 1. The van der Waals surface area contributed by atoms with E-state index in [9.17, 15) is 4.79 Å². The van der Waals surface area contributed by atoms with Crippen molar-refractivity contribution in [3.63, 3.8) is 0 Å². The SMILES string of the molecule is COc1cccc(CCC2CCCN(c3ncccc3C(N)=O)C2)c1. The van der Waals surface area contributed by atoms with E-state index >= 15 is 0 Å². The summed E-state index contributed by atoms with van der Waals surface area (Å²) < 4.78 is 5.30. The Balaban J connectivity index is 1.64. The van der Waals surface area contributed by atoms with E-state index in [0.29, 0.717) is 11.5 Å². The van der Waals surface area contributed by atoms with Gasteiger partial charge in [-0.15, -0.1) is 0 Å². The molecular weight excluding hydrogens is 314 g/mol. The Hall–Kier alpha value is -2.56. The molecule has 1 aliphatic rings. The van der Waals surface area contributed by atoms with Crippen LogP contribution in [-0.2, 0) is 6.42 Å². The molecule has 1 aliphatic heterocycles. The van der Waals surface area contributed by atoms with Crippen molar-refractivity contribution in [2.45, 2.75) is 25.7 Å². The van der Waals surface area contributed by atoms with Crippen molar-refractivity contribution < 1.29 is 9.53 Å². The first-order chi connectivity index (χ1) is 12.2. The van der Waals surface area contributed by atoms with Crippen LogP contribution in [-0.4, -0.2) is 31.1 Å². The van der Waals surface area contributed by atoms with Crippen LogP contribution < -0.4 is 15.4 Å². The summed E-state index contributed by atoms with van der Waals surface area (Å²) in [7, 11) is 1.70. The Bertz CT molecular complexity index is 732. The molecule has 1 aromatic carbocycles. The van der Waals surface area contributed by atoms with Gasteiger partial charge in [-0.05, 0) is 61.4 Å². The van der Waals surface area contributed by atoms with Crippen molar-refractivity contribution in [3.8, 4) is 5.75 Å². The minimum Gasteiger partial charge on any atom is -0.497 e. The topological polar surface area (TPSA) is 68.4 Å². The summed E-state index contributed by atoms with van der Waals surface area (Å²) in [5.74, 6) is 1.80. The third-order valence-electron chi connectivity index (χ3n) is 4.85. The highest BCUT2D eigenvalue weighted by Gasteiger charge is 2.23. The number of ether oxygens (including phenoxy) is 1. The highest BCUT2D eigenvalue weighted by Crippen LogP contribution is 2.27. The zero-order valence-corrected chi connectivity index (χ0v) is 14.6. The molecule has 2 heterocycles. The van der Waals surface area contributed by atoms with Gasteiger partial charge in [0.25, 0.3) is 5.91 Å². The third kappa shape index (κ3) is 4.29. The van der Waals surface area contributed by atoms with Gasteiger partial charge in [0.05, 0.1) is 12.7 Å². The fourth-order valence-corrected chi connectivity index (χ4v) is 3.53. The number of carbonyl (C=O) groups excluding carboxylic acids is 1. The maximum Gasteiger partial charge on any atom is 0.252 e. The van der Waals surface area contributed by atoms with Gasteiger partial charge < -0.3 is 15.4 Å². The fraction of sp³-hybridized carbons (Fsp3) is 0.400. The molecule has 2 N–H and O–H groups in total. The van der Waals surface area contributed by atoms with Gasteiger partial charge in [0.1, 0.15) is 11.6 Å². The summed E-state index contributed by atoms with van der Waals surface area (Å²) in [6.45, 7) is 1.84. The zero-order valence-electron chi connectivity index (χ0n) is 14.6.